The standard InChI is InChI=1S/C29H38N4O4/c1-19-15-33(20(2)18-34)29(36)14-21-12-23(10-11-26(21)37-27(19)17-31(3)4)30-28(35)13-22-16-32(5)25-9-7-6-8-24(22)25/h6-12,16,19-20,27,34H,13-15,17-18H2,1-5H3,(H,30,35)/t19-,20-,27-/m0/s1. The molecular weight excluding hydrogens is 468 g/mol. The number of nitrogens with one attached hydrogen (secondary N) is 1. The minimum absolute atomic E-state index is 0.0615. The second-order valence-corrected chi connectivity index (χ2v) is 10.5. The van der Waals surface area contributed by atoms with Gasteiger partial charge in [-0.15, -0.1) is 0 Å². The molecule has 0 unspecified atom stereocenters. The summed E-state index contributed by atoms with van der Waals surface area (Å²) in [7, 11) is 5.97. The summed E-state index contributed by atoms with van der Waals surface area (Å²) in [6, 6.07) is 13.2. The lowest BCUT2D eigenvalue weighted by Crippen LogP contribution is -2.47. The smallest absolute Gasteiger partial charge is 0.228 e. The van der Waals surface area contributed by atoms with Crippen molar-refractivity contribution in [2.45, 2.75) is 38.8 Å². The molecule has 0 bridgehead atoms. The number of para-hydroxylation sites is 1. The maximum absolute atomic E-state index is 13.3. The van der Waals surface area contributed by atoms with Gasteiger partial charge in [0.2, 0.25) is 11.8 Å². The number of anilines is 1. The van der Waals surface area contributed by atoms with Gasteiger partial charge in [0, 0.05) is 54.4 Å². The number of nitrogens with zero attached hydrogens (tertiary/aromatic N) is 3. The Morgan fingerprint density at radius 1 is 1.24 bits per heavy atom. The summed E-state index contributed by atoms with van der Waals surface area (Å²) >= 11 is 0. The Hall–Kier alpha value is -3.36. The van der Waals surface area contributed by atoms with E-state index < -0.39 is 0 Å². The summed E-state index contributed by atoms with van der Waals surface area (Å²) < 4.78 is 8.49. The summed E-state index contributed by atoms with van der Waals surface area (Å²) in [4.78, 5) is 30.1. The first-order valence-corrected chi connectivity index (χ1v) is 12.8. The predicted molar refractivity (Wildman–Crippen MR) is 146 cm³/mol. The van der Waals surface area contributed by atoms with Crippen LogP contribution in [-0.2, 0) is 29.5 Å². The Kier molecular flexibility index (Phi) is 8.19. The topological polar surface area (TPSA) is 87.0 Å². The van der Waals surface area contributed by atoms with Gasteiger partial charge in [0.15, 0.2) is 0 Å². The number of hydrogen-bond donors (Lipinski definition) is 2. The van der Waals surface area contributed by atoms with Gasteiger partial charge >= 0.3 is 0 Å². The lowest BCUT2D eigenvalue weighted by atomic mass is 10.0. The maximum atomic E-state index is 13.3. The second kappa shape index (κ2) is 11.4. The largest absolute Gasteiger partial charge is 0.488 e. The summed E-state index contributed by atoms with van der Waals surface area (Å²) in [6.07, 6.45) is 2.23. The van der Waals surface area contributed by atoms with Crippen molar-refractivity contribution in [2.75, 3.05) is 39.1 Å². The number of hydrogen-bond acceptors (Lipinski definition) is 5. The van der Waals surface area contributed by atoms with Gasteiger partial charge in [-0.05, 0) is 50.8 Å². The fraction of sp³-hybridized carbons (Fsp3) is 0.448. The molecule has 3 aromatic rings. The van der Waals surface area contributed by atoms with Crippen molar-refractivity contribution < 1.29 is 19.4 Å². The van der Waals surface area contributed by atoms with Gasteiger partial charge in [0.05, 0.1) is 25.5 Å². The number of ether oxygens (including phenoxy) is 1. The number of carbonyl (C=O) groups is 2. The van der Waals surface area contributed by atoms with Crippen LogP contribution in [0, 0.1) is 5.92 Å². The zero-order chi connectivity index (χ0) is 26.7. The first-order valence-electron chi connectivity index (χ1n) is 12.8. The Morgan fingerprint density at radius 2 is 2.00 bits per heavy atom. The highest BCUT2D eigenvalue weighted by molar-refractivity contribution is 5.96. The molecule has 1 aliphatic rings. The van der Waals surface area contributed by atoms with Crippen LogP contribution in [-0.4, -0.2) is 77.2 Å². The quantitative estimate of drug-likeness (QED) is 0.514. The third kappa shape index (κ3) is 6.14. The van der Waals surface area contributed by atoms with Gasteiger partial charge in [-0.2, -0.15) is 0 Å². The van der Waals surface area contributed by atoms with Crippen molar-refractivity contribution in [1.29, 1.82) is 0 Å². The number of aliphatic hydroxyl groups is 1. The third-order valence-electron chi connectivity index (χ3n) is 7.08. The van der Waals surface area contributed by atoms with Crippen molar-refractivity contribution in [3.05, 3.63) is 59.8 Å². The summed E-state index contributed by atoms with van der Waals surface area (Å²) in [6.45, 7) is 5.02. The molecule has 2 aromatic carbocycles. The van der Waals surface area contributed by atoms with E-state index in [9.17, 15) is 14.7 Å². The number of likely N-dealkylation sites (N-methyl/N-ethyl adjacent to an activating group) is 1. The van der Waals surface area contributed by atoms with Crippen LogP contribution < -0.4 is 10.1 Å². The third-order valence-corrected chi connectivity index (χ3v) is 7.08. The first-order chi connectivity index (χ1) is 17.7. The normalized spacial score (nSPS) is 19.1. The fourth-order valence-electron chi connectivity index (χ4n) is 5.03. The summed E-state index contributed by atoms with van der Waals surface area (Å²) in [5, 5.41) is 13.8. The molecule has 2 amide bonds. The average Bonchev–Trinajstić information content (AvgIpc) is 3.18. The maximum Gasteiger partial charge on any atom is 0.228 e. The minimum Gasteiger partial charge on any atom is -0.488 e. The van der Waals surface area contributed by atoms with Crippen molar-refractivity contribution in [3.63, 3.8) is 0 Å². The van der Waals surface area contributed by atoms with Crippen LogP contribution in [0.2, 0.25) is 0 Å². The van der Waals surface area contributed by atoms with E-state index in [1.165, 1.54) is 0 Å². The average molecular weight is 507 g/mol. The lowest BCUT2D eigenvalue weighted by molar-refractivity contribution is -0.134. The molecule has 0 saturated carbocycles. The van der Waals surface area contributed by atoms with Crippen LogP contribution >= 0.6 is 0 Å². The Morgan fingerprint density at radius 3 is 2.73 bits per heavy atom. The van der Waals surface area contributed by atoms with Gasteiger partial charge in [-0.1, -0.05) is 25.1 Å². The SMILES string of the molecule is C[C@H]1CN([C@@H](C)CO)C(=O)Cc2cc(NC(=O)Cc3cn(C)c4ccccc34)ccc2O[C@H]1CN(C)C. The molecule has 198 valence electrons. The molecule has 0 saturated heterocycles. The molecule has 8 nitrogen and oxygen atoms in total. The van der Waals surface area contributed by atoms with E-state index in [4.69, 9.17) is 4.74 Å². The molecule has 0 radical (unpaired) electrons. The van der Waals surface area contributed by atoms with Crippen molar-refractivity contribution in [1.82, 2.24) is 14.4 Å². The zero-order valence-corrected chi connectivity index (χ0v) is 22.4. The Bertz CT molecular complexity index is 1270. The highest BCUT2D eigenvalue weighted by atomic mass is 16.5. The highest BCUT2D eigenvalue weighted by Crippen LogP contribution is 2.29. The lowest BCUT2D eigenvalue weighted by Gasteiger charge is -2.33. The Balaban J connectivity index is 1.58. The number of aliphatic hydroxyl groups excluding tert-OH is 1. The van der Waals surface area contributed by atoms with E-state index in [0.29, 0.717) is 24.5 Å². The van der Waals surface area contributed by atoms with Gasteiger partial charge in [-0.3, -0.25) is 9.59 Å². The molecule has 0 spiro atoms. The molecule has 1 aliphatic heterocycles. The van der Waals surface area contributed by atoms with Crippen molar-refractivity contribution >= 4 is 28.4 Å². The fourth-order valence-corrected chi connectivity index (χ4v) is 5.03. The van der Waals surface area contributed by atoms with Crippen LogP contribution in [0.15, 0.2) is 48.7 Å². The minimum atomic E-state index is -0.292. The monoisotopic (exact) mass is 506 g/mol. The summed E-state index contributed by atoms with van der Waals surface area (Å²) in [5.41, 5.74) is 3.40. The number of fused-ring (bicyclic) bond motifs is 2. The van der Waals surface area contributed by atoms with Gasteiger partial charge < -0.3 is 29.5 Å². The molecule has 2 heterocycles. The van der Waals surface area contributed by atoms with E-state index in [-0.39, 0.29) is 49.3 Å². The van der Waals surface area contributed by atoms with Crippen molar-refractivity contribution in [3.8, 4) is 5.75 Å². The number of aryl methyl sites for hydroxylation is 1. The molecule has 0 aliphatic carbocycles. The van der Waals surface area contributed by atoms with E-state index in [2.05, 4.69) is 17.1 Å². The number of rotatable bonds is 7. The van der Waals surface area contributed by atoms with E-state index in [1.807, 2.05) is 81.3 Å². The van der Waals surface area contributed by atoms with Crippen LogP contribution in [0.3, 0.4) is 0 Å². The molecule has 2 N–H and O–H groups in total. The molecule has 1 aromatic heterocycles. The van der Waals surface area contributed by atoms with E-state index in [0.717, 1.165) is 22.0 Å². The van der Waals surface area contributed by atoms with Crippen LogP contribution in [0.25, 0.3) is 10.9 Å². The van der Waals surface area contributed by atoms with Gasteiger partial charge in [-0.25, -0.2) is 0 Å². The molecule has 0 fully saturated rings. The number of aromatic nitrogens is 1. The van der Waals surface area contributed by atoms with E-state index in [1.54, 1.807) is 4.90 Å². The molecule has 4 rings (SSSR count). The van der Waals surface area contributed by atoms with Crippen molar-refractivity contribution in [2.24, 2.45) is 13.0 Å². The Labute approximate surface area is 218 Å². The van der Waals surface area contributed by atoms with Crippen LogP contribution in [0.4, 0.5) is 5.69 Å². The predicted octanol–water partition coefficient (Wildman–Crippen LogP) is 3.07. The van der Waals surface area contributed by atoms with Crippen LogP contribution in [0.1, 0.15) is 25.0 Å². The zero-order valence-electron chi connectivity index (χ0n) is 22.4. The van der Waals surface area contributed by atoms with E-state index >= 15 is 0 Å². The second-order valence-electron chi connectivity index (χ2n) is 10.5. The summed E-state index contributed by atoms with van der Waals surface area (Å²) in [5.74, 6) is 0.521. The molecule has 8 heteroatoms. The number of carbonyl (C=O) groups excluding carboxylic acids is 2. The highest BCUT2D eigenvalue weighted by Gasteiger charge is 2.30. The van der Waals surface area contributed by atoms with Crippen LogP contribution in [0.5, 0.6) is 5.75 Å². The van der Waals surface area contributed by atoms with Gasteiger partial charge in [0.1, 0.15) is 11.9 Å². The number of amides is 2. The van der Waals surface area contributed by atoms with Gasteiger partial charge in [0.25, 0.3) is 0 Å². The molecule has 3 atom stereocenters. The molecular formula is C29H38N4O4. The first kappa shape index (κ1) is 26.7. The number of benzene rings is 2. The molecule has 37 heavy (non-hydrogen) atoms.